The highest BCUT2D eigenvalue weighted by Crippen LogP contribution is 2.28. The minimum absolute atomic E-state index is 0.816. The monoisotopic (exact) mass is 389 g/mol. The van der Waals surface area contributed by atoms with Gasteiger partial charge in [0, 0.05) is 10.6 Å². The molecule has 0 aliphatic heterocycles. The lowest BCUT2D eigenvalue weighted by Crippen LogP contribution is -2.04. The number of halogens is 1. The lowest BCUT2D eigenvalue weighted by atomic mass is 10.2. The van der Waals surface area contributed by atoms with Gasteiger partial charge < -0.3 is 4.57 Å². The van der Waals surface area contributed by atoms with Crippen LogP contribution < -0.4 is 0 Å². The van der Waals surface area contributed by atoms with Gasteiger partial charge in [0.15, 0.2) is 5.16 Å². The molecule has 3 nitrogen and oxygen atoms in total. The molecule has 0 bridgehead atoms. The molecular formula is C19H20ClN3S2. The fourth-order valence-electron chi connectivity index (χ4n) is 2.38. The minimum Gasteiger partial charge on any atom is -0.302 e. The molecule has 1 aromatic heterocycles. The molecule has 0 unspecified atom stereocenters. The second-order valence-corrected chi connectivity index (χ2v) is 8.19. The molecule has 3 rings (SSSR count). The lowest BCUT2D eigenvalue weighted by Gasteiger charge is -2.08. The molecule has 0 saturated carbocycles. The maximum atomic E-state index is 6.19. The van der Waals surface area contributed by atoms with Crippen molar-refractivity contribution in [1.29, 1.82) is 0 Å². The normalized spacial score (nSPS) is 11.0. The zero-order valence-corrected chi connectivity index (χ0v) is 16.4. The van der Waals surface area contributed by atoms with E-state index >= 15 is 0 Å². The number of hydrogen-bond donors (Lipinski definition) is 0. The van der Waals surface area contributed by atoms with Crippen LogP contribution in [0.5, 0.6) is 0 Å². The maximum Gasteiger partial charge on any atom is 0.191 e. The number of hydrogen-bond acceptors (Lipinski definition) is 4. The van der Waals surface area contributed by atoms with E-state index in [0.29, 0.717) is 0 Å². The zero-order valence-electron chi connectivity index (χ0n) is 14.1. The molecule has 3 aromatic rings. The van der Waals surface area contributed by atoms with E-state index in [9.17, 15) is 0 Å². The average molecular weight is 390 g/mol. The van der Waals surface area contributed by atoms with Gasteiger partial charge in [-0.1, -0.05) is 65.8 Å². The fourth-order valence-corrected chi connectivity index (χ4v) is 4.68. The van der Waals surface area contributed by atoms with Gasteiger partial charge in [-0.3, -0.25) is 0 Å². The van der Waals surface area contributed by atoms with Crippen LogP contribution in [0, 0.1) is 6.92 Å². The first kappa shape index (κ1) is 18.4. The third kappa shape index (κ3) is 5.27. The van der Waals surface area contributed by atoms with Gasteiger partial charge in [0.2, 0.25) is 0 Å². The summed E-state index contributed by atoms with van der Waals surface area (Å²) in [7, 11) is 0. The quantitative estimate of drug-likeness (QED) is 0.372. The molecule has 25 heavy (non-hydrogen) atoms. The number of thioether (sulfide) groups is 2. The highest BCUT2D eigenvalue weighted by molar-refractivity contribution is 8.00. The number of nitrogens with zero attached hydrogens (tertiary/aromatic N) is 3. The van der Waals surface area contributed by atoms with Gasteiger partial charge in [0.25, 0.3) is 0 Å². The van der Waals surface area contributed by atoms with E-state index in [1.54, 1.807) is 23.5 Å². The Morgan fingerprint density at radius 2 is 1.64 bits per heavy atom. The summed E-state index contributed by atoms with van der Waals surface area (Å²) < 4.78 is 2.18. The summed E-state index contributed by atoms with van der Waals surface area (Å²) in [6.45, 7) is 2.82. The highest BCUT2D eigenvalue weighted by atomic mass is 35.5. The Labute approximate surface area is 162 Å². The van der Waals surface area contributed by atoms with E-state index in [2.05, 4.69) is 45.1 Å². The summed E-state index contributed by atoms with van der Waals surface area (Å²) in [5.41, 5.74) is 1.27. The van der Waals surface area contributed by atoms with Gasteiger partial charge in [0.05, 0.1) is 11.6 Å². The molecule has 0 fully saturated rings. The van der Waals surface area contributed by atoms with E-state index in [-0.39, 0.29) is 0 Å². The van der Waals surface area contributed by atoms with Gasteiger partial charge in [-0.15, -0.1) is 22.0 Å². The van der Waals surface area contributed by atoms with Gasteiger partial charge in [-0.25, -0.2) is 0 Å². The smallest absolute Gasteiger partial charge is 0.191 e. The number of rotatable bonds is 8. The minimum atomic E-state index is 0.816. The molecule has 6 heteroatoms. The molecular weight excluding hydrogens is 370 g/mol. The van der Waals surface area contributed by atoms with Crippen LogP contribution >= 0.6 is 35.1 Å². The van der Waals surface area contributed by atoms with E-state index in [0.717, 1.165) is 45.4 Å². The van der Waals surface area contributed by atoms with Crippen LogP contribution in [0.4, 0.5) is 0 Å². The standard InChI is InChI=1S/C19H20ClN3S2/c1-15-21-22-19(23(15)14-16-8-3-2-4-9-16)25-13-7-12-24-18-11-6-5-10-17(18)20/h2-6,8-11H,7,12-14H2,1H3. The van der Waals surface area contributed by atoms with Crippen molar-refractivity contribution in [3.05, 3.63) is 71.0 Å². The second kappa shape index (κ2) is 9.32. The highest BCUT2D eigenvalue weighted by Gasteiger charge is 2.10. The summed E-state index contributed by atoms with van der Waals surface area (Å²) in [5, 5.41) is 10.4. The first-order valence-corrected chi connectivity index (χ1v) is 10.5. The summed E-state index contributed by atoms with van der Waals surface area (Å²) in [6.07, 6.45) is 1.10. The van der Waals surface area contributed by atoms with E-state index in [1.807, 2.05) is 31.2 Å². The molecule has 0 N–H and O–H groups in total. The first-order valence-electron chi connectivity index (χ1n) is 8.18. The topological polar surface area (TPSA) is 30.7 Å². The molecule has 1 heterocycles. The summed E-state index contributed by atoms with van der Waals surface area (Å²) in [4.78, 5) is 1.15. The van der Waals surface area contributed by atoms with Gasteiger partial charge in [0.1, 0.15) is 5.82 Å². The molecule has 0 aliphatic carbocycles. The molecule has 0 amide bonds. The van der Waals surface area contributed by atoms with Crippen LogP contribution in [-0.2, 0) is 6.54 Å². The molecule has 0 atom stereocenters. The Hall–Kier alpha value is -1.43. The molecule has 0 aliphatic rings. The van der Waals surface area contributed by atoms with Crippen LogP contribution in [0.1, 0.15) is 17.8 Å². The van der Waals surface area contributed by atoms with Crippen molar-refractivity contribution in [1.82, 2.24) is 14.8 Å². The van der Waals surface area contributed by atoms with Crippen molar-refractivity contribution in [2.24, 2.45) is 0 Å². The van der Waals surface area contributed by atoms with Crippen molar-refractivity contribution >= 4 is 35.1 Å². The van der Waals surface area contributed by atoms with Gasteiger partial charge in [-0.05, 0) is 36.8 Å². The number of benzene rings is 2. The Bertz CT molecular complexity index is 805. The van der Waals surface area contributed by atoms with Crippen LogP contribution in [0.25, 0.3) is 0 Å². The second-order valence-electron chi connectivity index (χ2n) is 5.58. The SMILES string of the molecule is Cc1nnc(SCCCSc2ccccc2Cl)n1Cc1ccccc1. The Morgan fingerprint density at radius 3 is 2.44 bits per heavy atom. The molecule has 0 radical (unpaired) electrons. The van der Waals surface area contributed by atoms with Crippen LogP contribution in [0.15, 0.2) is 64.6 Å². The number of aryl methyl sites for hydroxylation is 1. The van der Waals surface area contributed by atoms with E-state index in [1.165, 1.54) is 5.56 Å². The van der Waals surface area contributed by atoms with Crippen molar-refractivity contribution in [2.45, 2.75) is 29.9 Å². The predicted molar refractivity (Wildman–Crippen MR) is 108 cm³/mol. The predicted octanol–water partition coefficient (Wildman–Crippen LogP) is 5.56. The van der Waals surface area contributed by atoms with Crippen LogP contribution in [-0.4, -0.2) is 26.3 Å². The van der Waals surface area contributed by atoms with Crippen LogP contribution in [0.2, 0.25) is 5.02 Å². The summed E-state index contributed by atoms with van der Waals surface area (Å²) in [6, 6.07) is 18.4. The lowest BCUT2D eigenvalue weighted by molar-refractivity contribution is 0.688. The summed E-state index contributed by atoms with van der Waals surface area (Å²) in [5.74, 6) is 3.02. The third-order valence-corrected chi connectivity index (χ3v) is 6.35. The van der Waals surface area contributed by atoms with Gasteiger partial charge >= 0.3 is 0 Å². The fraction of sp³-hybridized carbons (Fsp3) is 0.263. The first-order chi connectivity index (χ1) is 12.2. The molecule has 130 valence electrons. The molecule has 0 saturated heterocycles. The number of aromatic nitrogens is 3. The van der Waals surface area contributed by atoms with Gasteiger partial charge in [-0.2, -0.15) is 0 Å². The van der Waals surface area contributed by atoms with Crippen molar-refractivity contribution in [3.63, 3.8) is 0 Å². The Balaban J connectivity index is 1.50. The van der Waals surface area contributed by atoms with E-state index < -0.39 is 0 Å². The van der Waals surface area contributed by atoms with Crippen molar-refractivity contribution < 1.29 is 0 Å². The van der Waals surface area contributed by atoms with Crippen molar-refractivity contribution in [3.8, 4) is 0 Å². The zero-order chi connectivity index (χ0) is 17.5. The van der Waals surface area contributed by atoms with Crippen LogP contribution in [0.3, 0.4) is 0 Å². The summed E-state index contributed by atoms with van der Waals surface area (Å²) >= 11 is 9.76. The van der Waals surface area contributed by atoms with Crippen molar-refractivity contribution in [2.75, 3.05) is 11.5 Å². The molecule has 2 aromatic carbocycles. The third-order valence-electron chi connectivity index (χ3n) is 3.70. The largest absolute Gasteiger partial charge is 0.302 e. The average Bonchev–Trinajstić information content (AvgIpc) is 2.97. The maximum absolute atomic E-state index is 6.19. The molecule has 0 spiro atoms. The Morgan fingerprint density at radius 1 is 0.920 bits per heavy atom. The Kier molecular flexibility index (Phi) is 6.84. The van der Waals surface area contributed by atoms with E-state index in [4.69, 9.17) is 11.6 Å².